The van der Waals surface area contributed by atoms with Crippen LogP contribution in [0.5, 0.6) is 0 Å². The number of hydrogen-bond acceptors (Lipinski definition) is 3. The fraction of sp³-hybridized carbons (Fsp3) is 0.174. The second-order valence-electron chi connectivity index (χ2n) is 7.98. The Labute approximate surface area is 170 Å². The predicted molar refractivity (Wildman–Crippen MR) is 117 cm³/mol. The largest absolute Gasteiger partial charge is 0.476 e. The average molecular weight is 400 g/mol. The molecule has 4 rings (SSSR count). The highest BCUT2D eigenvalue weighted by Crippen LogP contribution is 2.27. The number of hydrogen-bond donors (Lipinski definition) is 1. The number of fused-ring (bicyclic) bond motifs is 3. The topological polar surface area (TPSA) is 67.5 Å². The van der Waals surface area contributed by atoms with E-state index in [4.69, 9.17) is 4.99 Å². The van der Waals surface area contributed by atoms with Gasteiger partial charge in [-0.1, -0.05) is 55.9 Å². The zero-order chi connectivity index (χ0) is 20.6. The molecule has 144 valence electrons. The lowest BCUT2D eigenvalue weighted by molar-refractivity contribution is 0.0689. The standard InChI is InChI=1S/C23H21N3O2Si/c1-29(2,3)12-11-16-9-10-19-18(13-16)21(17-7-5-4-6-8-17)24-14-20-22(23(27)28)25-15-26(19)20/h4-10,13,15H,14H2,1-3H3,(H,27,28). The first kappa shape index (κ1) is 18.9. The fourth-order valence-corrected chi connectivity index (χ4v) is 3.79. The van der Waals surface area contributed by atoms with Gasteiger partial charge in [0.05, 0.1) is 23.6 Å². The van der Waals surface area contributed by atoms with Crippen LogP contribution in [-0.4, -0.2) is 34.4 Å². The maximum Gasteiger partial charge on any atom is 0.356 e. The molecule has 2 aromatic carbocycles. The Hall–Kier alpha value is -3.43. The molecule has 0 amide bonds. The minimum atomic E-state index is -1.51. The molecule has 0 unspecified atom stereocenters. The molecule has 1 N–H and O–H groups in total. The number of carboxylic acid groups (broad SMARTS) is 1. The van der Waals surface area contributed by atoms with Crippen molar-refractivity contribution in [3.05, 3.63) is 82.9 Å². The molecule has 1 aliphatic heterocycles. The van der Waals surface area contributed by atoms with E-state index in [1.165, 1.54) is 0 Å². The van der Waals surface area contributed by atoms with Crippen molar-refractivity contribution in [2.45, 2.75) is 26.2 Å². The van der Waals surface area contributed by atoms with Gasteiger partial charge in [-0.25, -0.2) is 9.78 Å². The lowest BCUT2D eigenvalue weighted by Crippen LogP contribution is -2.16. The first-order chi connectivity index (χ1) is 13.8. The lowest BCUT2D eigenvalue weighted by atomic mass is 9.98. The molecule has 6 heteroatoms. The summed E-state index contributed by atoms with van der Waals surface area (Å²) in [5.41, 5.74) is 8.55. The number of carboxylic acids is 1. The summed E-state index contributed by atoms with van der Waals surface area (Å²) in [6.07, 6.45) is 1.56. The van der Waals surface area contributed by atoms with Crippen LogP contribution in [0.1, 0.15) is 32.9 Å². The Bertz CT molecular complexity index is 1190. The van der Waals surface area contributed by atoms with Gasteiger partial charge < -0.3 is 5.11 Å². The minimum absolute atomic E-state index is 0.0385. The van der Waals surface area contributed by atoms with Gasteiger partial charge in [-0.2, -0.15) is 0 Å². The number of aromatic nitrogens is 2. The Balaban J connectivity index is 1.94. The van der Waals surface area contributed by atoms with Gasteiger partial charge in [0.15, 0.2) is 5.69 Å². The van der Waals surface area contributed by atoms with E-state index < -0.39 is 14.0 Å². The molecule has 0 atom stereocenters. The van der Waals surface area contributed by atoms with Crippen molar-refractivity contribution >= 4 is 19.8 Å². The fourth-order valence-electron chi connectivity index (χ4n) is 3.27. The van der Waals surface area contributed by atoms with Gasteiger partial charge in [0.25, 0.3) is 0 Å². The van der Waals surface area contributed by atoms with Gasteiger partial charge in [0.1, 0.15) is 14.4 Å². The molecule has 1 aliphatic rings. The van der Waals surface area contributed by atoms with Gasteiger partial charge in [-0.05, 0) is 18.2 Å². The molecule has 29 heavy (non-hydrogen) atoms. The maximum atomic E-state index is 11.6. The number of aliphatic imine (C=N–C) groups is 1. The molecule has 1 aromatic heterocycles. The maximum absolute atomic E-state index is 11.6. The van der Waals surface area contributed by atoms with Crippen molar-refractivity contribution in [3.63, 3.8) is 0 Å². The summed E-state index contributed by atoms with van der Waals surface area (Å²) >= 11 is 0. The second kappa shape index (κ2) is 7.19. The summed E-state index contributed by atoms with van der Waals surface area (Å²) < 4.78 is 1.83. The highest BCUT2D eigenvalue weighted by molar-refractivity contribution is 6.83. The molecule has 0 bridgehead atoms. The first-order valence-electron chi connectivity index (χ1n) is 9.41. The summed E-state index contributed by atoms with van der Waals surface area (Å²) in [7, 11) is -1.51. The van der Waals surface area contributed by atoms with Crippen molar-refractivity contribution in [2.75, 3.05) is 0 Å². The van der Waals surface area contributed by atoms with Crippen LogP contribution in [0.2, 0.25) is 19.6 Å². The second-order valence-corrected chi connectivity index (χ2v) is 12.7. The van der Waals surface area contributed by atoms with E-state index in [0.29, 0.717) is 5.69 Å². The monoisotopic (exact) mass is 399 g/mol. The van der Waals surface area contributed by atoms with Crippen molar-refractivity contribution in [1.82, 2.24) is 9.55 Å². The molecule has 0 saturated heterocycles. The number of benzene rings is 2. The molecular weight excluding hydrogens is 378 g/mol. The van der Waals surface area contributed by atoms with Gasteiger partial charge in [0.2, 0.25) is 0 Å². The number of aromatic carboxylic acids is 1. The molecular formula is C23H21N3O2Si. The Morgan fingerprint density at radius 2 is 1.90 bits per heavy atom. The number of nitrogens with zero attached hydrogens (tertiary/aromatic N) is 3. The van der Waals surface area contributed by atoms with Crippen molar-refractivity contribution in [1.29, 1.82) is 0 Å². The van der Waals surface area contributed by atoms with Crippen LogP contribution < -0.4 is 0 Å². The van der Waals surface area contributed by atoms with E-state index in [9.17, 15) is 9.90 Å². The molecule has 0 aliphatic carbocycles. The number of imidazole rings is 1. The van der Waals surface area contributed by atoms with Crippen LogP contribution in [0.4, 0.5) is 0 Å². The van der Waals surface area contributed by atoms with Crippen LogP contribution >= 0.6 is 0 Å². The van der Waals surface area contributed by atoms with E-state index in [2.05, 4.69) is 36.1 Å². The highest BCUT2D eigenvalue weighted by Gasteiger charge is 2.24. The molecule has 0 fully saturated rings. The first-order valence-corrected chi connectivity index (χ1v) is 12.9. The van der Waals surface area contributed by atoms with Crippen LogP contribution in [0, 0.1) is 11.5 Å². The van der Waals surface area contributed by atoms with E-state index in [0.717, 1.165) is 28.1 Å². The third-order valence-electron chi connectivity index (χ3n) is 4.60. The normalized spacial score (nSPS) is 12.7. The molecule has 0 saturated carbocycles. The van der Waals surface area contributed by atoms with Crippen molar-refractivity contribution < 1.29 is 9.90 Å². The summed E-state index contributed by atoms with van der Waals surface area (Å²) in [6.45, 7) is 6.89. The van der Waals surface area contributed by atoms with Crippen LogP contribution in [0.25, 0.3) is 5.69 Å². The number of rotatable bonds is 2. The zero-order valence-electron chi connectivity index (χ0n) is 16.6. The van der Waals surface area contributed by atoms with Crippen LogP contribution in [0.15, 0.2) is 59.9 Å². The van der Waals surface area contributed by atoms with E-state index >= 15 is 0 Å². The summed E-state index contributed by atoms with van der Waals surface area (Å²) in [5, 5.41) is 9.50. The van der Waals surface area contributed by atoms with Crippen LogP contribution in [-0.2, 0) is 6.54 Å². The predicted octanol–water partition coefficient (Wildman–Crippen LogP) is 4.15. The molecule has 2 heterocycles. The molecule has 0 radical (unpaired) electrons. The molecule has 0 spiro atoms. The Morgan fingerprint density at radius 3 is 2.59 bits per heavy atom. The lowest BCUT2D eigenvalue weighted by Gasteiger charge is -2.12. The summed E-state index contributed by atoms with van der Waals surface area (Å²) in [4.78, 5) is 20.5. The van der Waals surface area contributed by atoms with E-state index in [1.54, 1.807) is 6.33 Å². The van der Waals surface area contributed by atoms with Gasteiger partial charge in [0, 0.05) is 16.7 Å². The quantitative estimate of drug-likeness (QED) is 0.520. The van der Waals surface area contributed by atoms with Crippen LogP contribution in [0.3, 0.4) is 0 Å². The smallest absolute Gasteiger partial charge is 0.356 e. The third kappa shape index (κ3) is 3.78. The minimum Gasteiger partial charge on any atom is -0.476 e. The summed E-state index contributed by atoms with van der Waals surface area (Å²) in [6, 6.07) is 15.9. The summed E-state index contributed by atoms with van der Waals surface area (Å²) in [5.74, 6) is 2.27. The SMILES string of the molecule is C[Si](C)(C)C#Cc1ccc2c(c1)C(c1ccccc1)=NCc1c(C(=O)O)ncn1-2. The Kier molecular flexibility index (Phi) is 4.69. The van der Waals surface area contributed by atoms with Crippen molar-refractivity contribution in [3.8, 4) is 17.2 Å². The zero-order valence-corrected chi connectivity index (χ0v) is 17.6. The van der Waals surface area contributed by atoms with Gasteiger partial charge >= 0.3 is 5.97 Å². The number of carbonyl (C=O) groups is 1. The third-order valence-corrected chi connectivity index (χ3v) is 5.47. The molecule has 3 aromatic rings. The molecule has 5 nitrogen and oxygen atoms in total. The Morgan fingerprint density at radius 1 is 1.14 bits per heavy atom. The van der Waals surface area contributed by atoms with Gasteiger partial charge in [-0.15, -0.1) is 5.54 Å². The van der Waals surface area contributed by atoms with Gasteiger partial charge in [-0.3, -0.25) is 9.56 Å². The van der Waals surface area contributed by atoms with Crippen molar-refractivity contribution in [2.24, 2.45) is 4.99 Å². The average Bonchev–Trinajstić information content (AvgIpc) is 3.04. The highest BCUT2D eigenvalue weighted by atomic mass is 28.3. The van der Waals surface area contributed by atoms with E-state index in [1.807, 2.05) is 53.1 Å². The van der Waals surface area contributed by atoms with E-state index in [-0.39, 0.29) is 12.2 Å².